The molecule has 2 heteroatoms. The van der Waals surface area contributed by atoms with Crippen molar-refractivity contribution in [2.45, 2.75) is 26.7 Å². The number of ketones is 1. The Morgan fingerprint density at radius 1 is 1.69 bits per heavy atom. The molecule has 0 spiro atoms. The molecule has 0 amide bonds. The van der Waals surface area contributed by atoms with E-state index in [0.717, 1.165) is 24.2 Å². The highest BCUT2D eigenvalue weighted by molar-refractivity contribution is 5.99. The average Bonchev–Trinajstić information content (AvgIpc) is 2.36. The molecule has 1 atom stereocenters. The predicted molar refractivity (Wildman–Crippen MR) is 52.3 cm³/mol. The molecule has 0 aromatic rings. The predicted octanol–water partition coefficient (Wildman–Crippen LogP) is 2.46. The fourth-order valence-corrected chi connectivity index (χ4v) is 1.65. The highest BCUT2D eigenvalue weighted by Gasteiger charge is 2.30. The van der Waals surface area contributed by atoms with E-state index in [0.29, 0.717) is 6.61 Å². The van der Waals surface area contributed by atoms with Gasteiger partial charge in [0.05, 0.1) is 6.61 Å². The van der Waals surface area contributed by atoms with Gasteiger partial charge in [0.15, 0.2) is 5.78 Å². The first-order valence-corrected chi connectivity index (χ1v) is 4.68. The smallest absolute Gasteiger partial charge is 0.165 e. The number of hydrogen-bond donors (Lipinski definition) is 0. The van der Waals surface area contributed by atoms with E-state index in [2.05, 4.69) is 6.58 Å². The number of ether oxygens (including phenoxy) is 1. The molecule has 0 saturated carbocycles. The van der Waals surface area contributed by atoms with Gasteiger partial charge in [-0.3, -0.25) is 4.79 Å². The van der Waals surface area contributed by atoms with Gasteiger partial charge in [-0.05, 0) is 20.3 Å². The highest BCUT2D eigenvalue weighted by atomic mass is 16.5. The average molecular weight is 180 g/mol. The van der Waals surface area contributed by atoms with Crippen LogP contribution in [0.4, 0.5) is 0 Å². The number of rotatable bonds is 4. The molecule has 0 fully saturated rings. The molecule has 0 bridgehead atoms. The van der Waals surface area contributed by atoms with Crippen molar-refractivity contribution in [2.75, 3.05) is 6.61 Å². The molecular weight excluding hydrogens is 164 g/mol. The molecule has 0 aliphatic heterocycles. The summed E-state index contributed by atoms with van der Waals surface area (Å²) in [5.74, 6) is 1.18. The highest BCUT2D eigenvalue weighted by Crippen LogP contribution is 2.30. The van der Waals surface area contributed by atoms with Crippen LogP contribution in [0.3, 0.4) is 0 Å². The maximum absolute atomic E-state index is 11.6. The minimum atomic E-state index is 0.0825. The molecular formula is C11H16O2. The van der Waals surface area contributed by atoms with Crippen molar-refractivity contribution >= 4 is 5.78 Å². The minimum absolute atomic E-state index is 0.0825. The minimum Gasteiger partial charge on any atom is -0.498 e. The van der Waals surface area contributed by atoms with Gasteiger partial charge in [0.1, 0.15) is 5.76 Å². The zero-order valence-electron chi connectivity index (χ0n) is 8.30. The summed E-state index contributed by atoms with van der Waals surface area (Å²) in [5.41, 5.74) is 0.800. The van der Waals surface area contributed by atoms with E-state index in [1.54, 1.807) is 6.08 Å². The second kappa shape index (κ2) is 4.26. The molecule has 0 aromatic heterocycles. The fourth-order valence-electron chi connectivity index (χ4n) is 1.65. The van der Waals surface area contributed by atoms with Gasteiger partial charge in [0.25, 0.3) is 0 Å². The molecule has 72 valence electrons. The van der Waals surface area contributed by atoms with Crippen LogP contribution < -0.4 is 0 Å². The normalized spacial score (nSPS) is 22.3. The van der Waals surface area contributed by atoms with E-state index in [9.17, 15) is 4.79 Å². The van der Waals surface area contributed by atoms with E-state index in [1.165, 1.54) is 0 Å². The van der Waals surface area contributed by atoms with E-state index in [1.807, 2.05) is 13.8 Å². The second-order valence-corrected chi connectivity index (χ2v) is 3.27. The topological polar surface area (TPSA) is 26.3 Å². The Balaban J connectivity index is 2.67. The van der Waals surface area contributed by atoms with Gasteiger partial charge in [0.2, 0.25) is 0 Å². The molecule has 0 aromatic carbocycles. The van der Waals surface area contributed by atoms with Crippen LogP contribution in [0.1, 0.15) is 26.7 Å². The van der Waals surface area contributed by atoms with Crippen LogP contribution >= 0.6 is 0 Å². The molecule has 1 aliphatic carbocycles. The first kappa shape index (κ1) is 10.0. The monoisotopic (exact) mass is 180 g/mol. The summed E-state index contributed by atoms with van der Waals surface area (Å²) >= 11 is 0. The number of Topliss-reactive ketones (excluding diaryl/α,β-unsaturated/α-hetero) is 1. The number of carbonyl (C=O) groups excluding carboxylic acids is 1. The summed E-state index contributed by atoms with van der Waals surface area (Å²) in [6.45, 7) is 8.06. The van der Waals surface area contributed by atoms with E-state index < -0.39 is 0 Å². The molecule has 1 unspecified atom stereocenters. The molecule has 1 rings (SSSR count). The first-order valence-electron chi connectivity index (χ1n) is 4.68. The summed E-state index contributed by atoms with van der Waals surface area (Å²) in [7, 11) is 0. The molecule has 1 aliphatic rings. The zero-order chi connectivity index (χ0) is 9.84. The first-order chi connectivity index (χ1) is 6.20. The Labute approximate surface area is 79.3 Å². The summed E-state index contributed by atoms with van der Waals surface area (Å²) in [6.07, 6.45) is 3.31. The van der Waals surface area contributed by atoms with E-state index in [4.69, 9.17) is 4.74 Å². The third-order valence-corrected chi connectivity index (χ3v) is 2.36. The van der Waals surface area contributed by atoms with Gasteiger partial charge in [-0.15, -0.1) is 6.58 Å². The summed E-state index contributed by atoms with van der Waals surface area (Å²) in [4.78, 5) is 11.6. The third kappa shape index (κ3) is 2.00. The Bertz CT molecular complexity index is 251. The quantitative estimate of drug-likeness (QED) is 0.621. The van der Waals surface area contributed by atoms with Crippen LogP contribution in [0.2, 0.25) is 0 Å². The number of carbonyl (C=O) groups is 1. The zero-order valence-corrected chi connectivity index (χ0v) is 8.30. The fraction of sp³-hybridized carbons (Fsp3) is 0.545. The number of hydrogen-bond acceptors (Lipinski definition) is 2. The third-order valence-electron chi connectivity index (χ3n) is 2.36. The molecule has 0 saturated heterocycles. The van der Waals surface area contributed by atoms with Crippen molar-refractivity contribution in [1.82, 2.24) is 0 Å². The van der Waals surface area contributed by atoms with Crippen LogP contribution in [0.25, 0.3) is 0 Å². The van der Waals surface area contributed by atoms with Crippen molar-refractivity contribution in [3.8, 4) is 0 Å². The molecule has 2 nitrogen and oxygen atoms in total. The van der Waals surface area contributed by atoms with Gasteiger partial charge >= 0.3 is 0 Å². The Morgan fingerprint density at radius 3 is 2.92 bits per heavy atom. The molecule has 0 heterocycles. The van der Waals surface area contributed by atoms with Crippen molar-refractivity contribution in [2.24, 2.45) is 5.92 Å². The van der Waals surface area contributed by atoms with Gasteiger partial charge in [-0.1, -0.05) is 6.08 Å². The maximum atomic E-state index is 11.6. The van der Waals surface area contributed by atoms with Gasteiger partial charge in [0, 0.05) is 17.9 Å². The van der Waals surface area contributed by atoms with Crippen molar-refractivity contribution in [1.29, 1.82) is 0 Å². The van der Waals surface area contributed by atoms with Gasteiger partial charge in [-0.2, -0.15) is 0 Å². The van der Waals surface area contributed by atoms with Gasteiger partial charge < -0.3 is 4.74 Å². The molecule has 0 radical (unpaired) electrons. The number of allylic oxidation sites excluding steroid dienone is 3. The summed E-state index contributed by atoms with van der Waals surface area (Å²) in [5, 5.41) is 0. The van der Waals surface area contributed by atoms with Crippen LogP contribution in [-0.4, -0.2) is 12.4 Å². The van der Waals surface area contributed by atoms with E-state index >= 15 is 0 Å². The summed E-state index contributed by atoms with van der Waals surface area (Å²) < 4.78 is 5.39. The van der Waals surface area contributed by atoms with Gasteiger partial charge in [-0.25, -0.2) is 0 Å². The lowest BCUT2D eigenvalue weighted by Gasteiger charge is -2.05. The Kier molecular flexibility index (Phi) is 3.29. The second-order valence-electron chi connectivity index (χ2n) is 3.27. The molecule has 13 heavy (non-hydrogen) atoms. The lowest BCUT2D eigenvalue weighted by molar-refractivity contribution is -0.118. The van der Waals surface area contributed by atoms with Crippen molar-refractivity contribution in [3.63, 3.8) is 0 Å². The summed E-state index contributed by atoms with van der Waals surface area (Å²) in [6, 6.07) is 0. The van der Waals surface area contributed by atoms with Crippen LogP contribution in [-0.2, 0) is 9.53 Å². The van der Waals surface area contributed by atoms with Crippen LogP contribution in [0, 0.1) is 5.92 Å². The van der Waals surface area contributed by atoms with E-state index in [-0.39, 0.29) is 11.7 Å². The lowest BCUT2D eigenvalue weighted by Crippen LogP contribution is -2.07. The lowest BCUT2D eigenvalue weighted by atomic mass is 10.0. The Morgan fingerprint density at radius 2 is 2.38 bits per heavy atom. The standard InChI is InChI=1S/C11H16O2/c1-4-6-9-7-10(13-5-2)8(3)11(9)12/h4,9H,1,5-7H2,2-3H3. The maximum Gasteiger partial charge on any atom is 0.165 e. The SMILES string of the molecule is C=CCC1CC(OCC)=C(C)C1=O. The van der Waals surface area contributed by atoms with Crippen LogP contribution in [0.5, 0.6) is 0 Å². The van der Waals surface area contributed by atoms with Crippen molar-refractivity contribution in [3.05, 3.63) is 24.0 Å². The Hall–Kier alpha value is -1.05. The van der Waals surface area contributed by atoms with Crippen molar-refractivity contribution < 1.29 is 9.53 Å². The largest absolute Gasteiger partial charge is 0.498 e. The molecule has 0 N–H and O–H groups in total. The van der Waals surface area contributed by atoms with Crippen LogP contribution in [0.15, 0.2) is 24.0 Å².